The maximum atomic E-state index is 12.4. The van der Waals surface area contributed by atoms with E-state index < -0.39 is 67.4 Å². The second kappa shape index (κ2) is 13.7. The van der Waals surface area contributed by atoms with Crippen molar-refractivity contribution in [2.24, 2.45) is 5.73 Å². The van der Waals surface area contributed by atoms with E-state index in [4.69, 9.17) is 15.9 Å². The molecule has 3 amide bonds. The Morgan fingerprint density at radius 1 is 0.929 bits per heavy atom. The van der Waals surface area contributed by atoms with E-state index >= 15 is 0 Å². The number of carbonyl (C=O) groups excluding carboxylic acids is 3. The molecule has 0 spiro atoms. The van der Waals surface area contributed by atoms with Crippen LogP contribution in [0.2, 0.25) is 0 Å². The number of carbonyl (C=O) groups is 5. The fourth-order valence-electron chi connectivity index (χ4n) is 1.94. The number of thioether (sulfide) groups is 1. The Balaban J connectivity index is 5.02. The van der Waals surface area contributed by atoms with E-state index in [0.29, 0.717) is 12.2 Å². The molecule has 28 heavy (non-hydrogen) atoms. The molecule has 0 saturated carbocycles. The number of hydrogen-bond donors (Lipinski definition) is 7. The molecule has 0 bridgehead atoms. The zero-order chi connectivity index (χ0) is 21.7. The first-order valence-electron chi connectivity index (χ1n) is 8.29. The predicted molar refractivity (Wildman–Crippen MR) is 99.4 cm³/mol. The smallest absolute Gasteiger partial charge is 0.322 e. The Kier molecular flexibility index (Phi) is 12.6. The lowest BCUT2D eigenvalue weighted by Crippen LogP contribution is -2.57. The van der Waals surface area contributed by atoms with Crippen LogP contribution in [-0.2, 0) is 24.0 Å². The van der Waals surface area contributed by atoms with E-state index in [9.17, 15) is 29.1 Å². The first-order valence-corrected chi connectivity index (χ1v) is 9.69. The first-order chi connectivity index (χ1) is 13.1. The van der Waals surface area contributed by atoms with Gasteiger partial charge in [-0.05, 0) is 24.9 Å². The highest BCUT2D eigenvalue weighted by Crippen LogP contribution is 2.03. The van der Waals surface area contributed by atoms with Crippen molar-refractivity contribution in [2.45, 2.75) is 37.4 Å². The molecule has 13 heteroatoms. The molecule has 12 nitrogen and oxygen atoms in total. The van der Waals surface area contributed by atoms with Gasteiger partial charge in [0.1, 0.15) is 18.6 Å². The van der Waals surface area contributed by atoms with Crippen LogP contribution in [0.1, 0.15) is 19.3 Å². The molecule has 0 aromatic rings. The number of aliphatic hydroxyl groups excluding tert-OH is 1. The van der Waals surface area contributed by atoms with E-state index in [1.807, 2.05) is 11.6 Å². The molecule has 0 aromatic carbocycles. The number of nitrogens with one attached hydrogen (secondary N) is 3. The van der Waals surface area contributed by atoms with Crippen LogP contribution in [0.15, 0.2) is 0 Å². The average molecular weight is 422 g/mol. The highest BCUT2D eigenvalue weighted by Gasteiger charge is 2.28. The minimum Gasteiger partial charge on any atom is -0.481 e. The summed E-state index contributed by atoms with van der Waals surface area (Å²) < 4.78 is 0. The van der Waals surface area contributed by atoms with Crippen LogP contribution in [0.5, 0.6) is 0 Å². The zero-order valence-corrected chi connectivity index (χ0v) is 16.2. The summed E-state index contributed by atoms with van der Waals surface area (Å²) in [6.45, 7) is -1.54. The summed E-state index contributed by atoms with van der Waals surface area (Å²) in [7, 11) is 0. The highest BCUT2D eigenvalue weighted by atomic mass is 32.2. The fourth-order valence-corrected chi connectivity index (χ4v) is 2.43. The Morgan fingerprint density at radius 2 is 1.54 bits per heavy atom. The van der Waals surface area contributed by atoms with Crippen molar-refractivity contribution >= 4 is 41.4 Å². The third-order valence-electron chi connectivity index (χ3n) is 3.48. The van der Waals surface area contributed by atoms with Gasteiger partial charge in [-0.25, -0.2) is 0 Å². The van der Waals surface area contributed by atoms with Gasteiger partial charge in [0.25, 0.3) is 0 Å². The van der Waals surface area contributed by atoms with Crippen molar-refractivity contribution in [1.29, 1.82) is 0 Å². The zero-order valence-electron chi connectivity index (χ0n) is 15.3. The first kappa shape index (κ1) is 25.6. The minimum absolute atomic E-state index is 0.267. The van der Waals surface area contributed by atoms with Crippen LogP contribution >= 0.6 is 11.8 Å². The summed E-state index contributed by atoms with van der Waals surface area (Å²) in [6.07, 6.45) is 1.47. The van der Waals surface area contributed by atoms with E-state index in [1.165, 1.54) is 11.8 Å². The molecule has 0 saturated heterocycles. The van der Waals surface area contributed by atoms with Crippen molar-refractivity contribution in [2.75, 3.05) is 25.2 Å². The quantitative estimate of drug-likeness (QED) is 0.152. The van der Waals surface area contributed by atoms with E-state index in [-0.39, 0.29) is 6.42 Å². The summed E-state index contributed by atoms with van der Waals surface area (Å²) in [5, 5.41) is 33.1. The molecule has 0 aliphatic carbocycles. The Morgan fingerprint density at radius 3 is 2.04 bits per heavy atom. The summed E-state index contributed by atoms with van der Waals surface area (Å²) in [5.41, 5.74) is 5.72. The molecule has 0 heterocycles. The number of carboxylic acid groups (broad SMARTS) is 2. The topological polar surface area (TPSA) is 208 Å². The summed E-state index contributed by atoms with van der Waals surface area (Å²) in [4.78, 5) is 57.5. The van der Waals surface area contributed by atoms with Gasteiger partial charge in [-0.15, -0.1) is 0 Å². The average Bonchev–Trinajstić information content (AvgIpc) is 2.64. The van der Waals surface area contributed by atoms with Crippen LogP contribution in [0.3, 0.4) is 0 Å². The van der Waals surface area contributed by atoms with Gasteiger partial charge in [0.15, 0.2) is 0 Å². The number of aliphatic carboxylic acids is 2. The molecular formula is C15H26N4O8S. The van der Waals surface area contributed by atoms with Crippen LogP contribution in [0.4, 0.5) is 0 Å². The summed E-state index contributed by atoms with van der Waals surface area (Å²) in [6, 6.07) is -3.67. The van der Waals surface area contributed by atoms with Gasteiger partial charge in [-0.3, -0.25) is 24.0 Å². The predicted octanol–water partition coefficient (Wildman–Crippen LogP) is -2.91. The van der Waals surface area contributed by atoms with Gasteiger partial charge in [-0.1, -0.05) is 0 Å². The van der Waals surface area contributed by atoms with Crippen molar-refractivity contribution in [3.8, 4) is 0 Å². The Hall–Kier alpha value is -2.38. The molecule has 0 rings (SSSR count). The van der Waals surface area contributed by atoms with E-state index in [0.717, 1.165) is 0 Å². The fraction of sp³-hybridized carbons (Fsp3) is 0.667. The normalized spacial score (nSPS) is 13.7. The molecule has 160 valence electrons. The lowest BCUT2D eigenvalue weighted by Gasteiger charge is -2.23. The van der Waals surface area contributed by atoms with Gasteiger partial charge in [-0.2, -0.15) is 11.8 Å². The standard InChI is InChI=1S/C15H26N4O8S/c1-28-5-4-8(16)13(25)18-9(2-3-11(21)22)15(27)19-10(7-20)14(26)17-6-12(23)24/h8-10,20H,2-7,16H2,1H3,(H,17,26)(H,18,25)(H,19,27)(H,21,22)(H,23,24)/t8-,9-,10-/m0/s1. The monoisotopic (exact) mass is 422 g/mol. The number of aliphatic hydroxyl groups is 1. The maximum Gasteiger partial charge on any atom is 0.322 e. The number of amides is 3. The molecule has 0 unspecified atom stereocenters. The molecule has 0 radical (unpaired) electrons. The van der Waals surface area contributed by atoms with Gasteiger partial charge < -0.3 is 37.0 Å². The molecule has 8 N–H and O–H groups in total. The largest absolute Gasteiger partial charge is 0.481 e. The second-order valence-corrected chi connectivity index (χ2v) is 6.72. The number of rotatable bonds is 14. The second-order valence-electron chi connectivity index (χ2n) is 5.74. The van der Waals surface area contributed by atoms with Gasteiger partial charge in [0, 0.05) is 6.42 Å². The Labute approximate surface area is 165 Å². The van der Waals surface area contributed by atoms with Gasteiger partial charge in [0.05, 0.1) is 12.6 Å². The maximum absolute atomic E-state index is 12.4. The van der Waals surface area contributed by atoms with Crippen LogP contribution < -0.4 is 21.7 Å². The number of hydrogen-bond acceptors (Lipinski definition) is 8. The van der Waals surface area contributed by atoms with Crippen molar-refractivity contribution in [1.82, 2.24) is 16.0 Å². The number of nitrogens with two attached hydrogens (primary N) is 1. The van der Waals surface area contributed by atoms with Gasteiger partial charge >= 0.3 is 11.9 Å². The molecule has 0 fully saturated rings. The Bertz CT molecular complexity index is 574. The SMILES string of the molecule is CSCC[C@H](N)C(=O)N[C@@H](CCC(=O)O)C(=O)N[C@@H](CO)C(=O)NCC(=O)O. The van der Waals surface area contributed by atoms with Crippen LogP contribution in [0.25, 0.3) is 0 Å². The van der Waals surface area contributed by atoms with Crippen molar-refractivity contribution in [3.63, 3.8) is 0 Å². The molecule has 0 aromatic heterocycles. The van der Waals surface area contributed by atoms with Gasteiger partial charge in [0.2, 0.25) is 17.7 Å². The van der Waals surface area contributed by atoms with E-state index in [1.54, 1.807) is 0 Å². The van der Waals surface area contributed by atoms with E-state index in [2.05, 4.69) is 10.6 Å². The van der Waals surface area contributed by atoms with Crippen LogP contribution in [-0.4, -0.2) is 88.3 Å². The number of carboxylic acids is 2. The highest BCUT2D eigenvalue weighted by molar-refractivity contribution is 7.98. The third-order valence-corrected chi connectivity index (χ3v) is 4.12. The van der Waals surface area contributed by atoms with Crippen molar-refractivity contribution < 1.29 is 39.3 Å². The lowest BCUT2D eigenvalue weighted by molar-refractivity contribution is -0.139. The molecule has 3 atom stereocenters. The third kappa shape index (κ3) is 10.7. The lowest BCUT2D eigenvalue weighted by atomic mass is 10.1. The molecular weight excluding hydrogens is 396 g/mol. The molecule has 0 aliphatic rings. The molecule has 0 aliphatic heterocycles. The summed E-state index contributed by atoms with van der Waals surface area (Å²) >= 11 is 1.48. The van der Waals surface area contributed by atoms with Crippen molar-refractivity contribution in [3.05, 3.63) is 0 Å². The minimum atomic E-state index is -1.47. The van der Waals surface area contributed by atoms with Crippen LogP contribution in [0, 0.1) is 0 Å². The summed E-state index contributed by atoms with van der Waals surface area (Å²) in [5.74, 6) is -4.42.